The quantitative estimate of drug-likeness (QED) is 0.163. The van der Waals surface area contributed by atoms with Crippen molar-refractivity contribution in [1.29, 1.82) is 0 Å². The third-order valence-electron chi connectivity index (χ3n) is 10.8. The van der Waals surface area contributed by atoms with Gasteiger partial charge in [0.05, 0.1) is 0 Å². The van der Waals surface area contributed by atoms with Crippen LogP contribution in [0.2, 0.25) is 0 Å². The number of Topliss-reactive ketones (excluding diaryl/α,β-unsaturated/α-hetero) is 1. The maximum absolute atomic E-state index is 14.3. The summed E-state index contributed by atoms with van der Waals surface area (Å²) >= 11 is -0.657. The van der Waals surface area contributed by atoms with Crippen LogP contribution in [-0.2, 0) is 12.8 Å². The number of rotatable bonds is 2. The number of carbonyl (C=O) groups excluding carboxylic acids is 1. The molecule has 1 radical (unpaired) electrons. The molecule has 0 saturated carbocycles. The molecule has 49 heavy (non-hydrogen) atoms. The first-order valence-electron chi connectivity index (χ1n) is 16.9. The molecule has 0 fully saturated rings. The predicted octanol–water partition coefficient (Wildman–Crippen LogP) is 8.86. The molecule has 6 aromatic carbocycles. The molecule has 2 aliphatic carbocycles. The van der Waals surface area contributed by atoms with E-state index < -0.39 is 20.5 Å². The molecule has 8 aromatic rings. The number of carbonyl (C=O) groups is 1. The standard InChI is InChI=1S/C45H29N2OTe/c48-45-37-23-29-21-27-9-1-2-10-28(27)22-30(29)24-44(37)49-43-20-18-32(26-38(43)45)47-41-16-8-5-13-35(41)36-25-31(17-19-42(36)47)46-39-14-6-3-11-33(39)34-12-4-7-15-40(34)46/h1-20,23-26,37H,21-22H2. The first-order chi connectivity index (χ1) is 24.2. The van der Waals surface area contributed by atoms with Gasteiger partial charge >= 0.3 is 258 Å². The third kappa shape index (κ3) is 4.02. The van der Waals surface area contributed by atoms with Crippen molar-refractivity contribution in [3.8, 4) is 11.4 Å². The Hall–Kier alpha value is -5.27. The summed E-state index contributed by atoms with van der Waals surface area (Å²) in [5, 5.41) is 4.94. The Balaban J connectivity index is 1.06. The minimum atomic E-state index is -0.657. The molecule has 1 unspecified atom stereocenters. The molecule has 0 bridgehead atoms. The van der Waals surface area contributed by atoms with Gasteiger partial charge in [-0.25, -0.2) is 0 Å². The number of hydrogen-bond acceptors (Lipinski definition) is 1. The van der Waals surface area contributed by atoms with E-state index in [-0.39, 0.29) is 11.7 Å². The summed E-state index contributed by atoms with van der Waals surface area (Å²) in [6.45, 7) is 0. The average molecular weight is 741 g/mol. The van der Waals surface area contributed by atoms with Crippen LogP contribution in [0.1, 0.15) is 21.5 Å². The number of allylic oxidation sites excluding steroid dienone is 4. The van der Waals surface area contributed by atoms with Crippen LogP contribution in [-0.4, -0.2) is 38.9 Å². The van der Waals surface area contributed by atoms with Crippen LogP contribution in [0.25, 0.3) is 55.0 Å². The molecule has 2 aromatic heterocycles. The van der Waals surface area contributed by atoms with Gasteiger partial charge in [0.15, 0.2) is 0 Å². The van der Waals surface area contributed by atoms with E-state index in [9.17, 15) is 4.79 Å². The molecule has 231 valence electrons. The summed E-state index contributed by atoms with van der Waals surface area (Å²) in [6.07, 6.45) is 6.59. The molecule has 1 aliphatic heterocycles. The van der Waals surface area contributed by atoms with Gasteiger partial charge in [-0.05, 0) is 0 Å². The fourth-order valence-electron chi connectivity index (χ4n) is 8.50. The Morgan fingerprint density at radius 3 is 1.73 bits per heavy atom. The first-order valence-corrected chi connectivity index (χ1v) is 19.3. The molecule has 11 rings (SSSR count). The van der Waals surface area contributed by atoms with Crippen molar-refractivity contribution in [3.05, 3.63) is 173 Å². The maximum atomic E-state index is 14.3. The van der Waals surface area contributed by atoms with E-state index in [4.69, 9.17) is 0 Å². The molecule has 3 aliphatic rings. The normalized spacial score (nSPS) is 16.6. The van der Waals surface area contributed by atoms with Gasteiger partial charge in [-0.1, -0.05) is 36.4 Å². The zero-order valence-electron chi connectivity index (χ0n) is 26.6. The summed E-state index contributed by atoms with van der Waals surface area (Å²) in [5.74, 6) is 0.125. The summed E-state index contributed by atoms with van der Waals surface area (Å²) < 4.78 is 7.35. The molecule has 3 heterocycles. The van der Waals surface area contributed by atoms with Gasteiger partial charge in [0.25, 0.3) is 0 Å². The van der Waals surface area contributed by atoms with Gasteiger partial charge in [-0.2, -0.15) is 0 Å². The van der Waals surface area contributed by atoms with E-state index in [1.807, 2.05) is 0 Å². The Morgan fingerprint density at radius 2 is 1.06 bits per heavy atom. The van der Waals surface area contributed by atoms with E-state index in [1.165, 1.54) is 62.0 Å². The van der Waals surface area contributed by atoms with Crippen LogP contribution >= 0.6 is 0 Å². The third-order valence-corrected chi connectivity index (χ3v) is 14.2. The van der Waals surface area contributed by atoms with Gasteiger partial charge in [-0.15, -0.1) is 0 Å². The second-order valence-electron chi connectivity index (χ2n) is 13.4. The fraction of sp³-hybridized carbons (Fsp3) is 0.0667. The Morgan fingerprint density at radius 1 is 0.531 bits per heavy atom. The van der Waals surface area contributed by atoms with Crippen LogP contribution in [0.5, 0.6) is 0 Å². The molecule has 0 amide bonds. The SMILES string of the molecule is O=C1c2cc(-n3c4ccccc4c4cc(-n5c6ccccc6c6ccccc65)ccc43)ccc2[Te]=C2C=C3Cc4ccccc4CC3=CC12. The van der Waals surface area contributed by atoms with Crippen molar-refractivity contribution in [1.82, 2.24) is 9.13 Å². The van der Waals surface area contributed by atoms with Crippen LogP contribution in [0.3, 0.4) is 0 Å². The van der Waals surface area contributed by atoms with Gasteiger partial charge in [-0.3, -0.25) is 0 Å². The second kappa shape index (κ2) is 10.4. The average Bonchev–Trinajstić information content (AvgIpc) is 3.66. The number of fused-ring (bicyclic) bond motifs is 10. The zero-order chi connectivity index (χ0) is 32.2. The Bertz CT molecular complexity index is 2810. The van der Waals surface area contributed by atoms with Gasteiger partial charge in [0, 0.05) is 0 Å². The number of ketones is 1. The molecular formula is C45H29N2OTe. The van der Waals surface area contributed by atoms with Crippen LogP contribution in [0.15, 0.2) is 157 Å². The molecule has 3 nitrogen and oxygen atoms in total. The number of hydrogen-bond donors (Lipinski definition) is 0. The van der Waals surface area contributed by atoms with Crippen molar-refractivity contribution in [2.75, 3.05) is 0 Å². The summed E-state index contributed by atoms with van der Waals surface area (Å²) in [4.78, 5) is 14.3. The monoisotopic (exact) mass is 743 g/mol. The minimum absolute atomic E-state index is 0.124. The van der Waals surface area contributed by atoms with Gasteiger partial charge in [0.2, 0.25) is 0 Å². The zero-order valence-corrected chi connectivity index (χ0v) is 28.9. The van der Waals surface area contributed by atoms with Crippen molar-refractivity contribution >= 4 is 77.0 Å². The topological polar surface area (TPSA) is 26.9 Å². The van der Waals surface area contributed by atoms with Crippen molar-refractivity contribution in [2.24, 2.45) is 5.92 Å². The molecule has 0 N–H and O–H groups in total. The van der Waals surface area contributed by atoms with E-state index in [0.29, 0.717) is 0 Å². The predicted molar refractivity (Wildman–Crippen MR) is 203 cm³/mol. The van der Waals surface area contributed by atoms with Crippen LogP contribution in [0, 0.1) is 5.92 Å². The Labute approximate surface area is 293 Å². The van der Waals surface area contributed by atoms with Crippen molar-refractivity contribution < 1.29 is 4.79 Å². The second-order valence-corrected chi connectivity index (χ2v) is 16.6. The van der Waals surface area contributed by atoms with Crippen molar-refractivity contribution in [3.63, 3.8) is 0 Å². The summed E-state index contributed by atoms with van der Waals surface area (Å²) in [7, 11) is 0. The number of benzene rings is 6. The van der Waals surface area contributed by atoms with E-state index in [2.05, 4.69) is 155 Å². The number of aromatic nitrogens is 2. The van der Waals surface area contributed by atoms with Gasteiger partial charge < -0.3 is 0 Å². The number of nitrogens with zero attached hydrogens (tertiary/aromatic N) is 2. The molecule has 0 saturated heterocycles. The van der Waals surface area contributed by atoms with E-state index in [1.54, 1.807) is 0 Å². The molecule has 4 heteroatoms. The first kappa shape index (κ1) is 27.7. The fourth-order valence-corrected chi connectivity index (χ4v) is 11.8. The Kier molecular flexibility index (Phi) is 5.85. The molecule has 0 spiro atoms. The summed E-state index contributed by atoms with van der Waals surface area (Å²) in [6, 6.07) is 48.3. The molecule has 1 atom stereocenters. The van der Waals surface area contributed by atoms with Crippen LogP contribution in [0.4, 0.5) is 0 Å². The number of para-hydroxylation sites is 3. The van der Waals surface area contributed by atoms with E-state index >= 15 is 0 Å². The van der Waals surface area contributed by atoms with E-state index in [0.717, 1.165) is 40.8 Å². The molecular weight excluding hydrogens is 712 g/mol. The van der Waals surface area contributed by atoms with Gasteiger partial charge in [0.1, 0.15) is 0 Å². The van der Waals surface area contributed by atoms with Crippen molar-refractivity contribution in [2.45, 2.75) is 12.8 Å². The van der Waals surface area contributed by atoms with Crippen LogP contribution < -0.4 is 3.61 Å². The summed E-state index contributed by atoms with van der Waals surface area (Å²) in [5.41, 5.74) is 13.4.